The largest absolute Gasteiger partial charge is 0.377 e. The van der Waals surface area contributed by atoms with Gasteiger partial charge in [-0.15, -0.1) is 0 Å². The van der Waals surface area contributed by atoms with Gasteiger partial charge in [0.25, 0.3) is 0 Å². The van der Waals surface area contributed by atoms with Gasteiger partial charge in [-0.2, -0.15) is 4.98 Å². The lowest BCUT2D eigenvalue weighted by atomic mass is 10.3. The van der Waals surface area contributed by atoms with Crippen LogP contribution < -0.4 is 5.32 Å². The minimum atomic E-state index is 0.556. The first-order valence-corrected chi connectivity index (χ1v) is 5.32. The van der Waals surface area contributed by atoms with Gasteiger partial charge in [0.05, 0.1) is 6.54 Å². The van der Waals surface area contributed by atoms with E-state index in [1.54, 1.807) is 6.92 Å². The SMILES string of the molecule is Cc1nc(CNc2ccccc2Br)no1. The van der Waals surface area contributed by atoms with Crippen molar-refractivity contribution in [2.75, 3.05) is 5.32 Å². The Bertz CT molecular complexity index is 455. The third-order valence-corrected chi connectivity index (χ3v) is 2.57. The molecule has 1 aromatic heterocycles. The first-order valence-electron chi connectivity index (χ1n) is 4.53. The zero-order chi connectivity index (χ0) is 10.7. The fraction of sp³-hybridized carbons (Fsp3) is 0.200. The minimum Gasteiger partial charge on any atom is -0.377 e. The Kier molecular flexibility index (Phi) is 3.01. The Morgan fingerprint density at radius 2 is 2.20 bits per heavy atom. The normalized spacial score (nSPS) is 10.3. The van der Waals surface area contributed by atoms with Crippen LogP contribution in [0.15, 0.2) is 33.3 Å². The smallest absolute Gasteiger partial charge is 0.223 e. The molecule has 0 fully saturated rings. The van der Waals surface area contributed by atoms with Crippen LogP contribution in [0.2, 0.25) is 0 Å². The minimum absolute atomic E-state index is 0.556. The van der Waals surface area contributed by atoms with Crippen LogP contribution in [0.25, 0.3) is 0 Å². The fourth-order valence-electron chi connectivity index (χ4n) is 1.19. The molecule has 0 bridgehead atoms. The Labute approximate surface area is 95.8 Å². The van der Waals surface area contributed by atoms with Crippen molar-refractivity contribution < 1.29 is 4.52 Å². The standard InChI is InChI=1S/C10H10BrN3O/c1-7-13-10(14-15-7)6-12-9-5-3-2-4-8(9)11/h2-5,12H,6H2,1H3. The van der Waals surface area contributed by atoms with E-state index in [1.807, 2.05) is 24.3 Å². The lowest BCUT2D eigenvalue weighted by Gasteiger charge is -2.04. The number of halogens is 1. The summed E-state index contributed by atoms with van der Waals surface area (Å²) in [4.78, 5) is 4.10. The number of nitrogens with one attached hydrogen (secondary N) is 1. The maximum atomic E-state index is 4.87. The fourth-order valence-corrected chi connectivity index (χ4v) is 1.62. The summed E-state index contributed by atoms with van der Waals surface area (Å²) < 4.78 is 5.89. The Balaban J connectivity index is 2.02. The molecule has 15 heavy (non-hydrogen) atoms. The number of benzene rings is 1. The van der Waals surface area contributed by atoms with E-state index in [-0.39, 0.29) is 0 Å². The van der Waals surface area contributed by atoms with Gasteiger partial charge in [-0.25, -0.2) is 0 Å². The van der Waals surface area contributed by atoms with Crippen LogP contribution in [-0.4, -0.2) is 10.1 Å². The zero-order valence-corrected chi connectivity index (χ0v) is 9.78. The van der Waals surface area contributed by atoms with E-state index in [0.717, 1.165) is 10.2 Å². The summed E-state index contributed by atoms with van der Waals surface area (Å²) in [5, 5.41) is 7.01. The van der Waals surface area contributed by atoms with Crippen molar-refractivity contribution in [1.82, 2.24) is 10.1 Å². The Morgan fingerprint density at radius 1 is 1.40 bits per heavy atom. The lowest BCUT2D eigenvalue weighted by molar-refractivity contribution is 0.388. The summed E-state index contributed by atoms with van der Waals surface area (Å²) in [7, 11) is 0. The van der Waals surface area contributed by atoms with E-state index in [2.05, 4.69) is 31.4 Å². The van der Waals surface area contributed by atoms with Crippen LogP contribution in [-0.2, 0) is 6.54 Å². The number of anilines is 1. The highest BCUT2D eigenvalue weighted by Crippen LogP contribution is 2.21. The molecule has 1 aromatic carbocycles. The number of nitrogens with zero attached hydrogens (tertiary/aromatic N) is 2. The quantitative estimate of drug-likeness (QED) is 0.929. The van der Waals surface area contributed by atoms with E-state index >= 15 is 0 Å². The van der Waals surface area contributed by atoms with Crippen LogP contribution in [0.3, 0.4) is 0 Å². The van der Waals surface area contributed by atoms with Gasteiger partial charge in [0, 0.05) is 17.1 Å². The topological polar surface area (TPSA) is 51.0 Å². The van der Waals surface area contributed by atoms with Crippen molar-refractivity contribution in [3.63, 3.8) is 0 Å². The Hall–Kier alpha value is -1.36. The number of rotatable bonds is 3. The molecular formula is C10H10BrN3O. The molecule has 1 N–H and O–H groups in total. The first-order chi connectivity index (χ1) is 7.25. The van der Waals surface area contributed by atoms with Crippen molar-refractivity contribution in [1.29, 1.82) is 0 Å². The van der Waals surface area contributed by atoms with Crippen LogP contribution in [0.4, 0.5) is 5.69 Å². The third-order valence-electron chi connectivity index (χ3n) is 1.88. The molecule has 5 heteroatoms. The third kappa shape index (κ3) is 2.56. The number of aryl methyl sites for hydroxylation is 1. The average molecular weight is 268 g/mol. The van der Waals surface area contributed by atoms with E-state index in [4.69, 9.17) is 4.52 Å². The molecule has 78 valence electrons. The van der Waals surface area contributed by atoms with Gasteiger partial charge in [-0.1, -0.05) is 17.3 Å². The van der Waals surface area contributed by atoms with Crippen LogP contribution >= 0.6 is 15.9 Å². The van der Waals surface area contributed by atoms with Gasteiger partial charge < -0.3 is 9.84 Å². The van der Waals surface area contributed by atoms with Crippen molar-refractivity contribution in [3.05, 3.63) is 40.5 Å². The molecule has 0 aliphatic heterocycles. The molecule has 0 atom stereocenters. The van der Waals surface area contributed by atoms with Crippen molar-refractivity contribution in [2.24, 2.45) is 0 Å². The second kappa shape index (κ2) is 4.44. The molecule has 0 aliphatic carbocycles. The highest BCUT2D eigenvalue weighted by Gasteiger charge is 2.02. The van der Waals surface area contributed by atoms with E-state index in [9.17, 15) is 0 Å². The molecule has 0 aliphatic rings. The maximum absolute atomic E-state index is 4.87. The number of hydrogen-bond donors (Lipinski definition) is 1. The second-order valence-corrected chi connectivity index (χ2v) is 3.92. The highest BCUT2D eigenvalue weighted by molar-refractivity contribution is 9.10. The van der Waals surface area contributed by atoms with Gasteiger partial charge in [0.15, 0.2) is 5.82 Å². The van der Waals surface area contributed by atoms with E-state index in [0.29, 0.717) is 18.3 Å². The summed E-state index contributed by atoms with van der Waals surface area (Å²) in [6.45, 7) is 2.33. The summed E-state index contributed by atoms with van der Waals surface area (Å²) in [5.74, 6) is 1.24. The average Bonchev–Trinajstić information content (AvgIpc) is 2.63. The monoisotopic (exact) mass is 267 g/mol. The van der Waals surface area contributed by atoms with Gasteiger partial charge in [0.1, 0.15) is 0 Å². The molecule has 0 spiro atoms. The summed E-state index contributed by atoms with van der Waals surface area (Å²) in [6.07, 6.45) is 0. The summed E-state index contributed by atoms with van der Waals surface area (Å²) >= 11 is 3.45. The van der Waals surface area contributed by atoms with Crippen molar-refractivity contribution in [2.45, 2.75) is 13.5 Å². The molecular weight excluding hydrogens is 258 g/mol. The van der Waals surface area contributed by atoms with Crippen molar-refractivity contribution in [3.8, 4) is 0 Å². The molecule has 2 rings (SSSR count). The molecule has 0 saturated carbocycles. The van der Waals surface area contributed by atoms with Gasteiger partial charge in [0.2, 0.25) is 5.89 Å². The molecule has 0 amide bonds. The predicted octanol–water partition coefficient (Wildman–Crippen LogP) is 2.75. The number of aromatic nitrogens is 2. The van der Waals surface area contributed by atoms with Crippen LogP contribution in [0.5, 0.6) is 0 Å². The van der Waals surface area contributed by atoms with E-state index < -0.39 is 0 Å². The number of hydrogen-bond acceptors (Lipinski definition) is 4. The summed E-state index contributed by atoms with van der Waals surface area (Å²) in [5.41, 5.74) is 1.01. The molecule has 0 unspecified atom stereocenters. The molecule has 0 radical (unpaired) electrons. The molecule has 4 nitrogen and oxygen atoms in total. The lowest BCUT2D eigenvalue weighted by Crippen LogP contribution is -2.01. The molecule has 1 heterocycles. The van der Waals surface area contributed by atoms with Crippen LogP contribution in [0.1, 0.15) is 11.7 Å². The summed E-state index contributed by atoms with van der Waals surface area (Å²) in [6, 6.07) is 7.89. The van der Waals surface area contributed by atoms with Gasteiger partial charge >= 0.3 is 0 Å². The van der Waals surface area contributed by atoms with E-state index in [1.165, 1.54) is 0 Å². The zero-order valence-electron chi connectivity index (χ0n) is 8.20. The second-order valence-electron chi connectivity index (χ2n) is 3.06. The maximum Gasteiger partial charge on any atom is 0.223 e. The van der Waals surface area contributed by atoms with Crippen LogP contribution in [0, 0.1) is 6.92 Å². The first kappa shape index (κ1) is 10.2. The predicted molar refractivity (Wildman–Crippen MR) is 60.5 cm³/mol. The van der Waals surface area contributed by atoms with Gasteiger partial charge in [-0.3, -0.25) is 0 Å². The number of para-hydroxylation sites is 1. The molecule has 0 saturated heterocycles. The van der Waals surface area contributed by atoms with Gasteiger partial charge in [-0.05, 0) is 28.1 Å². The van der Waals surface area contributed by atoms with Crippen molar-refractivity contribution >= 4 is 21.6 Å². The Morgan fingerprint density at radius 3 is 2.87 bits per heavy atom. The molecule has 2 aromatic rings. The highest BCUT2D eigenvalue weighted by atomic mass is 79.9.